The van der Waals surface area contributed by atoms with Gasteiger partial charge in [0.15, 0.2) is 5.16 Å². The number of thioether (sulfide) groups is 2. The molecule has 1 aliphatic rings. The van der Waals surface area contributed by atoms with Gasteiger partial charge in [-0.2, -0.15) is 0 Å². The number of rotatable bonds is 7. The molecule has 1 N–H and O–H groups in total. The molecule has 7 nitrogen and oxygen atoms in total. The maximum Gasteiger partial charge on any atom is 0.293 e. The van der Waals surface area contributed by atoms with Gasteiger partial charge in [0, 0.05) is 24.5 Å². The zero-order chi connectivity index (χ0) is 21.7. The van der Waals surface area contributed by atoms with Gasteiger partial charge in [0.05, 0.1) is 10.7 Å². The van der Waals surface area contributed by atoms with Crippen LogP contribution in [0.2, 0.25) is 0 Å². The monoisotopic (exact) mass is 442 g/mol. The normalized spacial score (nSPS) is 15.2. The number of imide groups is 1. The number of carbonyl (C=O) groups is 3. The van der Waals surface area contributed by atoms with Gasteiger partial charge >= 0.3 is 0 Å². The summed E-state index contributed by atoms with van der Waals surface area (Å²) in [4.78, 5) is 46.9. The van der Waals surface area contributed by atoms with Gasteiger partial charge < -0.3 is 5.32 Å². The Balaban J connectivity index is 1.48. The maximum absolute atomic E-state index is 12.5. The van der Waals surface area contributed by atoms with Crippen molar-refractivity contribution in [3.05, 3.63) is 57.8 Å². The Hall–Kier alpha value is -2.65. The van der Waals surface area contributed by atoms with Gasteiger partial charge in [0.2, 0.25) is 5.91 Å². The first-order chi connectivity index (χ1) is 14.3. The van der Waals surface area contributed by atoms with Gasteiger partial charge in [-0.25, -0.2) is 9.97 Å². The van der Waals surface area contributed by atoms with Crippen LogP contribution in [-0.2, 0) is 9.59 Å². The minimum Gasteiger partial charge on any atom is -0.354 e. The Morgan fingerprint density at radius 2 is 1.80 bits per heavy atom. The van der Waals surface area contributed by atoms with E-state index in [0.717, 1.165) is 39.2 Å². The van der Waals surface area contributed by atoms with Gasteiger partial charge in [0.25, 0.3) is 11.1 Å². The van der Waals surface area contributed by atoms with E-state index >= 15 is 0 Å². The van der Waals surface area contributed by atoms with Crippen molar-refractivity contribution in [2.75, 3.05) is 18.8 Å². The van der Waals surface area contributed by atoms with Crippen LogP contribution in [0.15, 0.2) is 40.4 Å². The van der Waals surface area contributed by atoms with Crippen LogP contribution in [0.25, 0.3) is 6.08 Å². The second-order valence-electron chi connectivity index (χ2n) is 6.82. The van der Waals surface area contributed by atoms with Crippen LogP contribution in [-0.4, -0.2) is 50.8 Å². The van der Waals surface area contributed by atoms with Gasteiger partial charge in [-0.3, -0.25) is 19.3 Å². The van der Waals surface area contributed by atoms with Crippen LogP contribution in [0.1, 0.15) is 22.5 Å². The van der Waals surface area contributed by atoms with E-state index in [1.165, 1.54) is 11.8 Å². The predicted octanol–water partition coefficient (Wildman–Crippen LogP) is 3.35. The summed E-state index contributed by atoms with van der Waals surface area (Å²) in [6.45, 7) is 6.07. The van der Waals surface area contributed by atoms with Crippen LogP contribution in [0, 0.1) is 20.8 Å². The van der Waals surface area contributed by atoms with Crippen LogP contribution in [0.3, 0.4) is 0 Å². The van der Waals surface area contributed by atoms with E-state index in [2.05, 4.69) is 15.3 Å². The van der Waals surface area contributed by atoms with Crippen molar-refractivity contribution in [1.29, 1.82) is 0 Å². The molecule has 30 heavy (non-hydrogen) atoms. The molecule has 2 aromatic rings. The van der Waals surface area contributed by atoms with Crippen LogP contribution >= 0.6 is 23.5 Å². The quantitative estimate of drug-likeness (QED) is 0.399. The Morgan fingerprint density at radius 1 is 1.13 bits per heavy atom. The molecular weight excluding hydrogens is 420 g/mol. The maximum atomic E-state index is 12.5. The molecule has 2 heterocycles. The Bertz CT molecular complexity index is 986. The van der Waals surface area contributed by atoms with Crippen molar-refractivity contribution in [1.82, 2.24) is 20.2 Å². The summed E-state index contributed by atoms with van der Waals surface area (Å²) in [5.74, 6) is -0.374. The molecule has 3 amide bonds. The summed E-state index contributed by atoms with van der Waals surface area (Å²) in [6, 6.07) is 9.58. The van der Waals surface area contributed by atoms with Crippen molar-refractivity contribution in [3.63, 3.8) is 0 Å². The highest BCUT2D eigenvalue weighted by molar-refractivity contribution is 8.18. The first-order valence-electron chi connectivity index (χ1n) is 9.35. The number of aromatic nitrogens is 2. The van der Waals surface area contributed by atoms with E-state index in [1.807, 2.05) is 51.1 Å². The van der Waals surface area contributed by atoms with Crippen LogP contribution < -0.4 is 5.32 Å². The molecule has 0 atom stereocenters. The molecular formula is C21H22N4O3S2. The first kappa shape index (κ1) is 22.0. The fourth-order valence-electron chi connectivity index (χ4n) is 2.75. The lowest BCUT2D eigenvalue weighted by molar-refractivity contribution is -0.123. The molecule has 0 radical (unpaired) electrons. The van der Waals surface area contributed by atoms with Crippen molar-refractivity contribution >= 4 is 46.7 Å². The van der Waals surface area contributed by atoms with Crippen molar-refractivity contribution in [2.45, 2.75) is 25.9 Å². The van der Waals surface area contributed by atoms with E-state index in [1.54, 1.807) is 6.08 Å². The Labute approximate surface area is 183 Å². The lowest BCUT2D eigenvalue weighted by Crippen LogP contribution is -2.37. The predicted molar refractivity (Wildman–Crippen MR) is 119 cm³/mol. The number of nitrogens with zero attached hydrogens (tertiary/aromatic N) is 3. The van der Waals surface area contributed by atoms with Crippen molar-refractivity contribution in [2.24, 2.45) is 0 Å². The molecule has 0 bridgehead atoms. The average molecular weight is 443 g/mol. The van der Waals surface area contributed by atoms with E-state index in [9.17, 15) is 14.4 Å². The van der Waals surface area contributed by atoms with Crippen LogP contribution in [0.4, 0.5) is 4.79 Å². The van der Waals surface area contributed by atoms with Gasteiger partial charge in [-0.15, -0.1) is 0 Å². The Morgan fingerprint density at radius 3 is 2.47 bits per heavy atom. The molecule has 0 spiro atoms. The molecule has 156 valence electrons. The number of carbonyl (C=O) groups excluding carboxylic acids is 3. The summed E-state index contributed by atoms with van der Waals surface area (Å²) in [5.41, 5.74) is 3.69. The highest BCUT2D eigenvalue weighted by Crippen LogP contribution is 2.31. The standard InChI is InChI=1S/C21H22N4O3S2/c1-13-4-6-16(7-5-13)11-17-19(27)25(21(28)30-17)9-8-22-18(26)12-29-20-23-14(2)10-15(3)24-20/h4-7,10-11H,8-9,12H2,1-3H3,(H,22,26)/b17-11-. The van der Waals surface area contributed by atoms with Gasteiger partial charge in [0.1, 0.15) is 0 Å². The highest BCUT2D eigenvalue weighted by Gasteiger charge is 2.34. The van der Waals surface area contributed by atoms with Crippen LogP contribution in [0.5, 0.6) is 0 Å². The minimum atomic E-state index is -0.335. The van der Waals surface area contributed by atoms with Crippen molar-refractivity contribution < 1.29 is 14.4 Å². The smallest absolute Gasteiger partial charge is 0.293 e. The number of amides is 3. The molecule has 1 fully saturated rings. The van der Waals surface area contributed by atoms with E-state index in [0.29, 0.717) is 10.1 Å². The number of hydrogen-bond donors (Lipinski definition) is 1. The average Bonchev–Trinajstić information content (AvgIpc) is 2.95. The van der Waals surface area contributed by atoms with Gasteiger partial charge in [-0.1, -0.05) is 41.6 Å². The molecule has 0 saturated carbocycles. The fraction of sp³-hybridized carbons (Fsp3) is 0.286. The molecule has 1 aliphatic heterocycles. The molecule has 1 saturated heterocycles. The zero-order valence-electron chi connectivity index (χ0n) is 17.0. The largest absolute Gasteiger partial charge is 0.354 e. The number of benzene rings is 1. The first-order valence-corrected chi connectivity index (χ1v) is 11.2. The van der Waals surface area contributed by atoms with Crippen molar-refractivity contribution in [3.8, 4) is 0 Å². The number of nitrogens with one attached hydrogen (secondary N) is 1. The lowest BCUT2D eigenvalue weighted by Gasteiger charge is -2.12. The third-order valence-electron chi connectivity index (χ3n) is 4.20. The van der Waals surface area contributed by atoms with Gasteiger partial charge in [-0.05, 0) is 50.2 Å². The topological polar surface area (TPSA) is 92.3 Å². The summed E-state index contributed by atoms with van der Waals surface area (Å²) >= 11 is 2.16. The number of aryl methyl sites for hydroxylation is 3. The third-order valence-corrected chi connectivity index (χ3v) is 5.96. The van der Waals surface area contributed by atoms with E-state index in [4.69, 9.17) is 0 Å². The summed E-state index contributed by atoms with van der Waals surface area (Å²) in [7, 11) is 0. The lowest BCUT2D eigenvalue weighted by atomic mass is 10.1. The molecule has 1 aromatic heterocycles. The summed E-state index contributed by atoms with van der Waals surface area (Å²) < 4.78 is 0. The number of hydrogen-bond acceptors (Lipinski definition) is 7. The second kappa shape index (κ2) is 9.90. The minimum absolute atomic E-state index is 0.131. The third kappa shape index (κ3) is 5.93. The molecule has 1 aromatic carbocycles. The highest BCUT2D eigenvalue weighted by atomic mass is 32.2. The second-order valence-corrected chi connectivity index (χ2v) is 8.75. The molecule has 0 unspecified atom stereocenters. The fourth-order valence-corrected chi connectivity index (χ4v) is 4.40. The SMILES string of the molecule is Cc1ccc(/C=C2\SC(=O)N(CCNC(=O)CSc3nc(C)cc(C)n3)C2=O)cc1. The molecule has 3 rings (SSSR count). The van der Waals surface area contributed by atoms with E-state index in [-0.39, 0.29) is 35.9 Å². The zero-order valence-corrected chi connectivity index (χ0v) is 18.6. The summed E-state index contributed by atoms with van der Waals surface area (Å²) in [5, 5.41) is 2.95. The molecule has 0 aliphatic carbocycles. The van der Waals surface area contributed by atoms with E-state index < -0.39 is 0 Å². The molecule has 9 heteroatoms. The summed E-state index contributed by atoms with van der Waals surface area (Å²) in [6.07, 6.45) is 1.71. The Kier molecular flexibility index (Phi) is 7.28.